The van der Waals surface area contributed by atoms with Gasteiger partial charge in [0.05, 0.1) is 11.7 Å². The molecular formula is C20H21F3O4. The van der Waals surface area contributed by atoms with Gasteiger partial charge in [-0.3, -0.25) is 0 Å². The van der Waals surface area contributed by atoms with Crippen LogP contribution in [0.4, 0.5) is 13.2 Å². The van der Waals surface area contributed by atoms with E-state index in [1.54, 1.807) is 45.0 Å². The molecule has 0 radical (unpaired) electrons. The molecule has 27 heavy (non-hydrogen) atoms. The number of alkyl halides is 3. The number of rotatable bonds is 7. The lowest BCUT2D eigenvalue weighted by Crippen LogP contribution is -2.28. The largest absolute Gasteiger partial charge is 0.489 e. The number of esters is 1. The Hall–Kier alpha value is -2.70. The van der Waals surface area contributed by atoms with E-state index in [2.05, 4.69) is 0 Å². The van der Waals surface area contributed by atoms with Gasteiger partial charge in [-0.2, -0.15) is 13.2 Å². The molecule has 0 saturated carbocycles. The Labute approximate surface area is 155 Å². The van der Waals surface area contributed by atoms with Crippen LogP contribution in [0.25, 0.3) is 0 Å². The van der Waals surface area contributed by atoms with Crippen molar-refractivity contribution in [2.75, 3.05) is 0 Å². The van der Waals surface area contributed by atoms with Crippen molar-refractivity contribution < 1.29 is 32.2 Å². The van der Waals surface area contributed by atoms with Crippen molar-refractivity contribution in [3.8, 4) is 11.5 Å². The van der Waals surface area contributed by atoms with Gasteiger partial charge >= 0.3 is 12.1 Å². The molecule has 2 aromatic rings. The summed E-state index contributed by atoms with van der Waals surface area (Å²) in [7, 11) is 0. The lowest BCUT2D eigenvalue weighted by atomic mass is 10.1. The Kier molecular flexibility index (Phi) is 6.71. The van der Waals surface area contributed by atoms with E-state index < -0.39 is 23.8 Å². The van der Waals surface area contributed by atoms with Crippen LogP contribution < -0.4 is 9.47 Å². The highest BCUT2D eigenvalue weighted by molar-refractivity contribution is 5.74. The van der Waals surface area contributed by atoms with E-state index in [-0.39, 0.29) is 12.7 Å². The monoisotopic (exact) mass is 382 g/mol. The summed E-state index contributed by atoms with van der Waals surface area (Å²) in [5.41, 5.74) is -0.0776. The van der Waals surface area contributed by atoms with Gasteiger partial charge in [0.2, 0.25) is 0 Å². The third kappa shape index (κ3) is 6.51. The number of halogens is 3. The van der Waals surface area contributed by atoms with Crippen LogP contribution in [0, 0.1) is 0 Å². The van der Waals surface area contributed by atoms with Crippen molar-refractivity contribution >= 4 is 5.97 Å². The van der Waals surface area contributed by atoms with E-state index in [1.807, 2.05) is 0 Å². The molecule has 0 fully saturated rings. The van der Waals surface area contributed by atoms with Gasteiger partial charge in [-0.25, -0.2) is 4.79 Å². The molecule has 4 nitrogen and oxygen atoms in total. The molecule has 0 aliphatic heterocycles. The highest BCUT2D eigenvalue weighted by Gasteiger charge is 2.29. The Bertz CT molecular complexity index is 737. The molecule has 0 aliphatic rings. The second-order valence-electron chi connectivity index (χ2n) is 6.20. The zero-order valence-corrected chi connectivity index (χ0v) is 15.2. The summed E-state index contributed by atoms with van der Waals surface area (Å²) in [5, 5.41) is 0. The molecule has 0 N–H and O–H groups in total. The summed E-state index contributed by atoms with van der Waals surface area (Å²) in [5.74, 6) is 0.553. The maximum atomic E-state index is 12.5. The molecule has 146 valence electrons. The Morgan fingerprint density at radius 1 is 0.926 bits per heavy atom. The molecule has 2 rings (SSSR count). The smallest absolute Gasteiger partial charge is 0.416 e. The number of hydrogen-bond acceptors (Lipinski definition) is 4. The molecule has 0 heterocycles. The van der Waals surface area contributed by atoms with Crippen molar-refractivity contribution in [3.63, 3.8) is 0 Å². The first-order chi connectivity index (χ1) is 12.6. The van der Waals surface area contributed by atoms with Crippen LogP contribution in [-0.4, -0.2) is 18.2 Å². The zero-order valence-electron chi connectivity index (χ0n) is 15.2. The Balaban J connectivity index is 1.87. The minimum atomic E-state index is -4.35. The van der Waals surface area contributed by atoms with Gasteiger partial charge in [0, 0.05) is 0 Å². The van der Waals surface area contributed by atoms with Crippen LogP contribution in [0.5, 0.6) is 11.5 Å². The lowest BCUT2D eigenvalue weighted by Gasteiger charge is -2.16. The Morgan fingerprint density at radius 3 is 2.00 bits per heavy atom. The van der Waals surface area contributed by atoms with E-state index in [9.17, 15) is 18.0 Å². The predicted octanol–water partition coefficient (Wildman–Crippen LogP) is 5.00. The third-order valence-electron chi connectivity index (χ3n) is 3.51. The highest BCUT2D eigenvalue weighted by atomic mass is 19.4. The van der Waals surface area contributed by atoms with Crippen LogP contribution in [0.3, 0.4) is 0 Å². The first kappa shape index (κ1) is 20.6. The fraction of sp³-hybridized carbons (Fsp3) is 0.350. The van der Waals surface area contributed by atoms with Crippen molar-refractivity contribution in [2.45, 2.75) is 45.8 Å². The van der Waals surface area contributed by atoms with Gasteiger partial charge < -0.3 is 14.2 Å². The van der Waals surface area contributed by atoms with Gasteiger partial charge in [0.1, 0.15) is 18.1 Å². The van der Waals surface area contributed by atoms with Crippen molar-refractivity contribution in [1.29, 1.82) is 0 Å². The van der Waals surface area contributed by atoms with Crippen LogP contribution in [0.2, 0.25) is 0 Å². The number of ether oxygens (including phenoxy) is 3. The Morgan fingerprint density at radius 2 is 1.48 bits per heavy atom. The SMILES string of the molecule is CC(C)OC(=O)C(C)Oc1ccc(OCc2ccc(C(F)(F)F)cc2)cc1. The molecule has 0 saturated heterocycles. The summed E-state index contributed by atoms with van der Waals surface area (Å²) in [4.78, 5) is 11.7. The second kappa shape index (κ2) is 8.79. The average molecular weight is 382 g/mol. The summed E-state index contributed by atoms with van der Waals surface area (Å²) in [6.07, 6.45) is -5.32. The van der Waals surface area contributed by atoms with E-state index >= 15 is 0 Å². The molecule has 1 atom stereocenters. The summed E-state index contributed by atoms with van der Waals surface area (Å²) in [6, 6.07) is 11.4. The van der Waals surface area contributed by atoms with Crippen LogP contribution in [0.15, 0.2) is 48.5 Å². The van der Waals surface area contributed by atoms with Crippen molar-refractivity contribution in [3.05, 3.63) is 59.7 Å². The van der Waals surface area contributed by atoms with Gasteiger partial charge in [0.15, 0.2) is 6.10 Å². The normalized spacial score (nSPS) is 12.6. The van der Waals surface area contributed by atoms with Crippen LogP contribution >= 0.6 is 0 Å². The van der Waals surface area contributed by atoms with Crippen molar-refractivity contribution in [2.24, 2.45) is 0 Å². The maximum absolute atomic E-state index is 12.5. The summed E-state index contributed by atoms with van der Waals surface area (Å²) >= 11 is 0. The summed E-state index contributed by atoms with van der Waals surface area (Å²) in [6.45, 7) is 5.25. The minimum absolute atomic E-state index is 0.134. The molecule has 0 amide bonds. The zero-order chi connectivity index (χ0) is 20.0. The van der Waals surface area contributed by atoms with Crippen LogP contribution in [-0.2, 0) is 22.3 Å². The van der Waals surface area contributed by atoms with E-state index in [4.69, 9.17) is 14.2 Å². The molecule has 2 aromatic carbocycles. The average Bonchev–Trinajstić information content (AvgIpc) is 2.60. The van der Waals surface area contributed by atoms with Gasteiger partial charge in [-0.1, -0.05) is 12.1 Å². The topological polar surface area (TPSA) is 44.8 Å². The molecular weight excluding hydrogens is 361 g/mol. The number of carbonyl (C=O) groups is 1. The molecule has 7 heteroatoms. The molecule has 0 aliphatic carbocycles. The third-order valence-corrected chi connectivity index (χ3v) is 3.51. The van der Waals surface area contributed by atoms with Crippen LogP contribution in [0.1, 0.15) is 31.9 Å². The fourth-order valence-corrected chi connectivity index (χ4v) is 2.15. The maximum Gasteiger partial charge on any atom is 0.416 e. The van der Waals surface area contributed by atoms with Gasteiger partial charge in [-0.15, -0.1) is 0 Å². The second-order valence-corrected chi connectivity index (χ2v) is 6.20. The first-order valence-corrected chi connectivity index (χ1v) is 8.41. The van der Waals surface area contributed by atoms with E-state index in [0.29, 0.717) is 17.1 Å². The minimum Gasteiger partial charge on any atom is -0.489 e. The van der Waals surface area contributed by atoms with Crippen molar-refractivity contribution in [1.82, 2.24) is 0 Å². The van der Waals surface area contributed by atoms with E-state index in [1.165, 1.54) is 12.1 Å². The van der Waals surface area contributed by atoms with Gasteiger partial charge in [-0.05, 0) is 62.7 Å². The quantitative estimate of drug-likeness (QED) is 0.632. The predicted molar refractivity (Wildman–Crippen MR) is 93.5 cm³/mol. The number of carbonyl (C=O) groups excluding carboxylic acids is 1. The first-order valence-electron chi connectivity index (χ1n) is 8.41. The molecule has 0 bridgehead atoms. The number of hydrogen-bond donors (Lipinski definition) is 0. The number of benzene rings is 2. The lowest BCUT2D eigenvalue weighted by molar-refractivity contribution is -0.154. The fourth-order valence-electron chi connectivity index (χ4n) is 2.15. The van der Waals surface area contributed by atoms with E-state index in [0.717, 1.165) is 12.1 Å². The van der Waals surface area contributed by atoms with Gasteiger partial charge in [0.25, 0.3) is 0 Å². The molecule has 0 spiro atoms. The summed E-state index contributed by atoms with van der Waals surface area (Å²) < 4.78 is 53.7. The molecule has 1 unspecified atom stereocenters. The highest BCUT2D eigenvalue weighted by Crippen LogP contribution is 2.29. The molecule has 0 aromatic heterocycles. The standard InChI is InChI=1S/C20H21F3O4/c1-13(2)26-19(24)14(3)27-18-10-8-17(9-11-18)25-12-15-4-6-16(7-5-15)20(21,22)23/h4-11,13-14H,12H2,1-3H3.